The monoisotopic (exact) mass is 466 g/mol. The van der Waals surface area contributed by atoms with Crippen molar-refractivity contribution in [2.75, 3.05) is 7.11 Å². The van der Waals surface area contributed by atoms with Gasteiger partial charge in [0.2, 0.25) is 11.5 Å². The first-order valence-corrected chi connectivity index (χ1v) is 9.59. The van der Waals surface area contributed by atoms with Gasteiger partial charge in [0.1, 0.15) is 17.0 Å². The maximum atomic E-state index is 13.4. The number of aromatic hydroxyl groups is 3. The van der Waals surface area contributed by atoms with Gasteiger partial charge in [0, 0.05) is 22.8 Å². The molecule has 0 amide bonds. The third kappa shape index (κ3) is 3.86. The van der Waals surface area contributed by atoms with E-state index in [1.807, 2.05) is 0 Å². The molecule has 0 aliphatic rings. The van der Waals surface area contributed by atoms with E-state index < -0.39 is 45.0 Å². The van der Waals surface area contributed by atoms with Crippen molar-refractivity contribution in [2.45, 2.75) is 0 Å². The van der Waals surface area contributed by atoms with Gasteiger partial charge in [0.15, 0.2) is 23.1 Å². The molecule has 3 aromatic carbocycles. The van der Waals surface area contributed by atoms with E-state index in [0.29, 0.717) is 5.75 Å². The molecule has 34 heavy (non-hydrogen) atoms. The highest BCUT2D eigenvalue weighted by Gasteiger charge is 2.34. The molecule has 4 rings (SSSR count). The molecule has 11 heteroatoms. The van der Waals surface area contributed by atoms with E-state index in [-0.39, 0.29) is 28.1 Å². The molecule has 1 aromatic heterocycles. The molecule has 0 atom stereocenters. The number of carbonyl (C=O) groups is 1. The third-order valence-corrected chi connectivity index (χ3v) is 5.01. The molecule has 3 N–H and O–H groups in total. The zero-order valence-electron chi connectivity index (χ0n) is 17.4. The van der Waals surface area contributed by atoms with Crippen LogP contribution in [-0.4, -0.2) is 38.3 Å². The van der Waals surface area contributed by atoms with Crippen LogP contribution in [-0.2, 0) is 0 Å². The summed E-state index contributed by atoms with van der Waals surface area (Å²) in [6, 6.07) is 11.5. The standard InChI is InChI=1S/C23H15FN2O8/c1-33-13-4-2-3-12(7-13)22(29)20-14(9-18(28)23(30)21(20)26(31)32)19-10-16(25-34-19)11-5-6-15(24)17(27)8-11/h2-10,27-28,30H,1H3. The van der Waals surface area contributed by atoms with Crippen LogP contribution in [0.4, 0.5) is 10.1 Å². The van der Waals surface area contributed by atoms with Gasteiger partial charge in [-0.15, -0.1) is 0 Å². The first-order chi connectivity index (χ1) is 16.2. The van der Waals surface area contributed by atoms with Crippen molar-refractivity contribution in [2.24, 2.45) is 0 Å². The fraction of sp³-hybridized carbons (Fsp3) is 0.0435. The van der Waals surface area contributed by atoms with Gasteiger partial charge in [0.25, 0.3) is 0 Å². The summed E-state index contributed by atoms with van der Waals surface area (Å²) in [5, 5.41) is 45.5. The van der Waals surface area contributed by atoms with E-state index in [0.717, 1.165) is 18.2 Å². The summed E-state index contributed by atoms with van der Waals surface area (Å²) in [6.45, 7) is 0. The summed E-state index contributed by atoms with van der Waals surface area (Å²) < 4.78 is 23.7. The average Bonchev–Trinajstić information content (AvgIpc) is 3.31. The van der Waals surface area contributed by atoms with Crippen LogP contribution in [0.3, 0.4) is 0 Å². The molecule has 4 aromatic rings. The predicted molar refractivity (Wildman–Crippen MR) is 115 cm³/mol. The van der Waals surface area contributed by atoms with E-state index >= 15 is 0 Å². The van der Waals surface area contributed by atoms with Crippen molar-refractivity contribution in [3.8, 4) is 45.6 Å². The highest BCUT2D eigenvalue weighted by molar-refractivity contribution is 6.16. The average molecular weight is 466 g/mol. The van der Waals surface area contributed by atoms with Crippen LogP contribution < -0.4 is 4.74 Å². The Hall–Kier alpha value is -4.93. The smallest absolute Gasteiger partial charge is 0.326 e. The molecule has 0 aliphatic heterocycles. The maximum absolute atomic E-state index is 13.4. The lowest BCUT2D eigenvalue weighted by molar-refractivity contribution is -0.386. The number of phenolic OH excluding ortho intramolecular Hbond substituents is 3. The van der Waals surface area contributed by atoms with Crippen molar-refractivity contribution in [3.63, 3.8) is 0 Å². The van der Waals surface area contributed by atoms with Crippen LogP contribution in [0.15, 0.2) is 59.1 Å². The second kappa shape index (κ2) is 8.54. The minimum atomic E-state index is -1.09. The number of nitro groups is 1. The van der Waals surface area contributed by atoms with Gasteiger partial charge in [-0.25, -0.2) is 4.39 Å². The minimum Gasteiger partial charge on any atom is -0.505 e. The minimum absolute atomic E-state index is 0.0111. The molecule has 0 saturated carbocycles. The van der Waals surface area contributed by atoms with Crippen LogP contribution in [0.1, 0.15) is 15.9 Å². The normalized spacial score (nSPS) is 10.8. The highest BCUT2D eigenvalue weighted by Crippen LogP contribution is 2.45. The quantitative estimate of drug-likeness (QED) is 0.162. The molecule has 0 radical (unpaired) electrons. The Balaban J connectivity index is 1.93. The fourth-order valence-corrected chi connectivity index (χ4v) is 3.37. The molecular weight excluding hydrogens is 451 g/mol. The molecule has 0 unspecified atom stereocenters. The lowest BCUT2D eigenvalue weighted by Crippen LogP contribution is -2.08. The molecule has 0 spiro atoms. The number of rotatable bonds is 6. The lowest BCUT2D eigenvalue weighted by atomic mass is 9.93. The molecule has 1 heterocycles. The number of ketones is 1. The Morgan fingerprint density at radius 3 is 2.53 bits per heavy atom. The molecule has 172 valence electrons. The van der Waals surface area contributed by atoms with Crippen LogP contribution >= 0.6 is 0 Å². The number of carbonyl (C=O) groups excluding carboxylic acids is 1. The Labute approximate surface area is 190 Å². The summed E-state index contributed by atoms with van der Waals surface area (Å²) in [5.74, 6) is -4.14. The van der Waals surface area contributed by atoms with Gasteiger partial charge >= 0.3 is 5.69 Å². The summed E-state index contributed by atoms with van der Waals surface area (Å²) in [7, 11) is 1.38. The van der Waals surface area contributed by atoms with E-state index in [1.54, 1.807) is 6.07 Å². The molecule has 0 bridgehead atoms. The molecule has 0 aliphatic carbocycles. The Kier molecular flexibility index (Phi) is 5.60. The number of halogens is 1. The van der Waals surface area contributed by atoms with E-state index in [9.17, 15) is 34.6 Å². The number of phenols is 3. The third-order valence-electron chi connectivity index (χ3n) is 5.01. The Morgan fingerprint density at radius 1 is 1.09 bits per heavy atom. The molecule has 0 fully saturated rings. The van der Waals surface area contributed by atoms with Gasteiger partial charge in [0.05, 0.1) is 12.0 Å². The SMILES string of the molecule is COc1cccc(C(=O)c2c(-c3cc(-c4ccc(F)c(O)c4)no3)cc(O)c(O)c2[N+](=O)[O-])c1. The van der Waals surface area contributed by atoms with E-state index in [4.69, 9.17) is 9.26 Å². The van der Waals surface area contributed by atoms with Crippen molar-refractivity contribution < 1.29 is 38.7 Å². The first-order valence-electron chi connectivity index (χ1n) is 9.59. The second-order valence-corrected chi connectivity index (χ2v) is 7.08. The van der Waals surface area contributed by atoms with Crippen LogP contribution in [0.5, 0.6) is 23.0 Å². The topological polar surface area (TPSA) is 156 Å². The Morgan fingerprint density at radius 2 is 1.85 bits per heavy atom. The van der Waals surface area contributed by atoms with Gasteiger partial charge in [-0.1, -0.05) is 17.3 Å². The molecular formula is C23H15FN2O8. The van der Waals surface area contributed by atoms with Crippen molar-refractivity contribution >= 4 is 11.5 Å². The van der Waals surface area contributed by atoms with Crippen molar-refractivity contribution in [1.29, 1.82) is 0 Å². The summed E-state index contributed by atoms with van der Waals surface area (Å²) in [4.78, 5) is 24.1. The number of aromatic nitrogens is 1. The first kappa shape index (κ1) is 22.3. The van der Waals surface area contributed by atoms with E-state index in [1.165, 1.54) is 37.4 Å². The second-order valence-electron chi connectivity index (χ2n) is 7.08. The van der Waals surface area contributed by atoms with Gasteiger partial charge in [-0.3, -0.25) is 14.9 Å². The van der Waals surface area contributed by atoms with E-state index in [2.05, 4.69) is 5.16 Å². The number of hydrogen-bond donors (Lipinski definition) is 3. The summed E-state index contributed by atoms with van der Waals surface area (Å²) in [6.07, 6.45) is 0. The van der Waals surface area contributed by atoms with Crippen molar-refractivity contribution in [1.82, 2.24) is 5.16 Å². The number of benzene rings is 3. The largest absolute Gasteiger partial charge is 0.505 e. The van der Waals surface area contributed by atoms with Gasteiger partial charge in [-0.2, -0.15) is 0 Å². The Bertz CT molecular complexity index is 1450. The van der Waals surface area contributed by atoms with Crippen LogP contribution in [0, 0.1) is 15.9 Å². The number of nitrogens with zero attached hydrogens (tertiary/aromatic N) is 2. The number of ether oxygens (including phenoxy) is 1. The van der Waals surface area contributed by atoms with Gasteiger partial charge in [-0.05, 0) is 36.4 Å². The zero-order valence-corrected chi connectivity index (χ0v) is 17.4. The van der Waals surface area contributed by atoms with Crippen LogP contribution in [0.2, 0.25) is 0 Å². The fourth-order valence-electron chi connectivity index (χ4n) is 3.37. The highest BCUT2D eigenvalue weighted by atomic mass is 19.1. The van der Waals surface area contributed by atoms with Gasteiger partial charge < -0.3 is 24.6 Å². The number of hydrogen-bond acceptors (Lipinski definition) is 9. The number of nitro benzene ring substituents is 1. The predicted octanol–water partition coefficient (Wildman–Crippen LogP) is 4.41. The zero-order chi connectivity index (χ0) is 24.6. The molecule has 0 saturated heterocycles. The summed E-state index contributed by atoms with van der Waals surface area (Å²) in [5.41, 5.74) is -1.43. The number of methoxy groups -OCH3 is 1. The maximum Gasteiger partial charge on any atom is 0.326 e. The van der Waals surface area contributed by atoms with Crippen LogP contribution in [0.25, 0.3) is 22.6 Å². The summed E-state index contributed by atoms with van der Waals surface area (Å²) >= 11 is 0. The van der Waals surface area contributed by atoms with Crippen molar-refractivity contribution in [3.05, 3.63) is 81.7 Å². The lowest BCUT2D eigenvalue weighted by Gasteiger charge is -2.11. The molecule has 10 nitrogen and oxygen atoms in total.